The Kier molecular flexibility index (Phi) is 4.24. The third-order valence-electron chi connectivity index (χ3n) is 4.99. The molecule has 136 valence electrons. The number of aromatic amines is 2. The van der Waals surface area contributed by atoms with Gasteiger partial charge in [0.15, 0.2) is 0 Å². The Morgan fingerprint density at radius 2 is 2.00 bits per heavy atom. The van der Waals surface area contributed by atoms with Gasteiger partial charge in [-0.05, 0) is 61.0 Å². The summed E-state index contributed by atoms with van der Waals surface area (Å²) in [4.78, 5) is 34.8. The molecule has 4 aromatic rings. The van der Waals surface area contributed by atoms with Crippen LogP contribution in [0.15, 0.2) is 47.5 Å². The number of H-pyrrole nitrogens is 2. The van der Waals surface area contributed by atoms with Crippen molar-refractivity contribution in [2.45, 2.75) is 20.3 Å². The number of nitrogens with one attached hydrogen (secondary N) is 3. The van der Waals surface area contributed by atoms with Crippen LogP contribution in [0.25, 0.3) is 21.9 Å². The zero-order chi connectivity index (χ0) is 19.0. The first-order chi connectivity index (χ1) is 13.0. The average molecular weight is 360 g/mol. The van der Waals surface area contributed by atoms with Crippen molar-refractivity contribution in [3.05, 3.63) is 75.3 Å². The number of carbonyl (C=O) groups excluding carboxylic acids is 1. The number of imidazole rings is 1. The largest absolute Gasteiger partial charge is 0.352 e. The van der Waals surface area contributed by atoms with Gasteiger partial charge < -0.3 is 15.3 Å². The molecule has 6 nitrogen and oxygen atoms in total. The molecule has 0 aliphatic carbocycles. The molecular formula is C21H20N4O2. The molecule has 27 heavy (non-hydrogen) atoms. The average Bonchev–Trinajstić information content (AvgIpc) is 3.13. The number of nitrogens with zero attached hydrogens (tertiary/aromatic N) is 1. The van der Waals surface area contributed by atoms with Gasteiger partial charge in [0.1, 0.15) is 0 Å². The van der Waals surface area contributed by atoms with Gasteiger partial charge in [0.2, 0.25) is 0 Å². The molecule has 0 aliphatic rings. The van der Waals surface area contributed by atoms with E-state index in [1.165, 1.54) is 0 Å². The van der Waals surface area contributed by atoms with E-state index in [1.54, 1.807) is 24.5 Å². The predicted molar refractivity (Wildman–Crippen MR) is 106 cm³/mol. The SMILES string of the molecule is Cc1ccc2cc(CCNC(=O)c3ccc4nc[nH]c4c3)c(=O)[nH]c2c1C. The third kappa shape index (κ3) is 3.21. The lowest BCUT2D eigenvalue weighted by atomic mass is 10.0. The standard InChI is InChI=1S/C21H20N4O2/c1-12-3-4-14-9-16(21(27)25-19(14)13(12)2)7-8-22-20(26)15-5-6-17-18(10-15)24-11-23-17/h3-6,9-11H,7-8H2,1-2H3,(H,22,26)(H,23,24)(H,25,27). The van der Waals surface area contributed by atoms with Crippen molar-refractivity contribution >= 4 is 27.8 Å². The van der Waals surface area contributed by atoms with Crippen molar-refractivity contribution in [2.75, 3.05) is 6.54 Å². The number of amides is 1. The maximum absolute atomic E-state index is 12.4. The van der Waals surface area contributed by atoms with Crippen molar-refractivity contribution in [3.63, 3.8) is 0 Å². The first-order valence-corrected chi connectivity index (χ1v) is 8.86. The number of hydrogen-bond donors (Lipinski definition) is 3. The van der Waals surface area contributed by atoms with Crippen LogP contribution in [-0.4, -0.2) is 27.4 Å². The molecule has 0 saturated carbocycles. The summed E-state index contributed by atoms with van der Waals surface area (Å²) in [7, 11) is 0. The molecule has 0 atom stereocenters. The van der Waals surface area contributed by atoms with Gasteiger partial charge in [-0.2, -0.15) is 0 Å². The van der Waals surface area contributed by atoms with Crippen molar-refractivity contribution in [1.82, 2.24) is 20.3 Å². The minimum Gasteiger partial charge on any atom is -0.352 e. The van der Waals surface area contributed by atoms with Crippen LogP contribution >= 0.6 is 0 Å². The van der Waals surface area contributed by atoms with Crippen molar-refractivity contribution in [2.24, 2.45) is 0 Å². The monoisotopic (exact) mass is 360 g/mol. The first-order valence-electron chi connectivity index (χ1n) is 8.86. The summed E-state index contributed by atoms with van der Waals surface area (Å²) in [5.41, 5.74) is 5.86. The maximum atomic E-state index is 12.4. The van der Waals surface area contributed by atoms with Crippen LogP contribution in [0, 0.1) is 13.8 Å². The molecule has 2 aromatic heterocycles. The van der Waals surface area contributed by atoms with E-state index < -0.39 is 0 Å². The summed E-state index contributed by atoms with van der Waals surface area (Å²) in [5, 5.41) is 3.88. The topological polar surface area (TPSA) is 90.6 Å². The minimum absolute atomic E-state index is 0.107. The van der Waals surface area contributed by atoms with E-state index in [4.69, 9.17) is 0 Å². The molecule has 0 fully saturated rings. The number of benzene rings is 2. The van der Waals surface area contributed by atoms with Crippen LogP contribution in [-0.2, 0) is 6.42 Å². The van der Waals surface area contributed by atoms with Crippen molar-refractivity contribution < 1.29 is 4.79 Å². The summed E-state index contributed by atoms with van der Waals surface area (Å²) < 4.78 is 0. The highest BCUT2D eigenvalue weighted by Gasteiger charge is 2.09. The molecule has 0 saturated heterocycles. The fraction of sp³-hybridized carbons (Fsp3) is 0.190. The molecule has 0 aliphatic heterocycles. The minimum atomic E-state index is -0.171. The van der Waals surface area contributed by atoms with Crippen LogP contribution in [0.1, 0.15) is 27.0 Å². The van der Waals surface area contributed by atoms with Crippen LogP contribution in [0.4, 0.5) is 0 Å². The molecule has 3 N–H and O–H groups in total. The Hall–Kier alpha value is -3.41. The van der Waals surface area contributed by atoms with Gasteiger partial charge in [0.05, 0.1) is 22.9 Å². The van der Waals surface area contributed by atoms with Gasteiger partial charge in [-0.25, -0.2) is 4.98 Å². The quantitative estimate of drug-likeness (QED) is 0.522. The fourth-order valence-corrected chi connectivity index (χ4v) is 3.25. The molecule has 0 spiro atoms. The summed E-state index contributed by atoms with van der Waals surface area (Å²) in [5.74, 6) is -0.171. The molecule has 4 rings (SSSR count). The van der Waals surface area contributed by atoms with Gasteiger partial charge in [-0.3, -0.25) is 9.59 Å². The first kappa shape index (κ1) is 17.0. The van der Waals surface area contributed by atoms with E-state index in [0.717, 1.165) is 33.1 Å². The van der Waals surface area contributed by atoms with Gasteiger partial charge >= 0.3 is 0 Å². The van der Waals surface area contributed by atoms with Gasteiger partial charge in [0, 0.05) is 17.7 Å². The van der Waals surface area contributed by atoms with Crippen molar-refractivity contribution in [3.8, 4) is 0 Å². The molecule has 0 radical (unpaired) electrons. The zero-order valence-corrected chi connectivity index (χ0v) is 15.2. The van der Waals surface area contributed by atoms with E-state index in [9.17, 15) is 9.59 Å². The number of fused-ring (bicyclic) bond motifs is 2. The molecule has 2 heterocycles. The number of rotatable bonds is 4. The van der Waals surface area contributed by atoms with E-state index in [-0.39, 0.29) is 11.5 Å². The van der Waals surface area contributed by atoms with E-state index >= 15 is 0 Å². The van der Waals surface area contributed by atoms with Gasteiger partial charge in [-0.15, -0.1) is 0 Å². The number of pyridine rings is 1. The Morgan fingerprint density at radius 3 is 2.85 bits per heavy atom. The molecule has 0 unspecified atom stereocenters. The van der Waals surface area contributed by atoms with Crippen LogP contribution < -0.4 is 10.9 Å². The zero-order valence-electron chi connectivity index (χ0n) is 15.2. The van der Waals surface area contributed by atoms with E-state index in [0.29, 0.717) is 24.1 Å². The van der Waals surface area contributed by atoms with Crippen molar-refractivity contribution in [1.29, 1.82) is 0 Å². The van der Waals surface area contributed by atoms with E-state index in [1.807, 2.05) is 32.0 Å². The van der Waals surface area contributed by atoms with E-state index in [2.05, 4.69) is 20.3 Å². The summed E-state index contributed by atoms with van der Waals surface area (Å²) in [6.07, 6.45) is 2.07. The van der Waals surface area contributed by atoms with Gasteiger partial charge in [0.25, 0.3) is 11.5 Å². The van der Waals surface area contributed by atoms with Gasteiger partial charge in [-0.1, -0.05) is 12.1 Å². The number of hydrogen-bond acceptors (Lipinski definition) is 3. The normalized spacial score (nSPS) is 11.2. The number of aromatic nitrogens is 3. The molecular weight excluding hydrogens is 340 g/mol. The second-order valence-corrected chi connectivity index (χ2v) is 6.74. The maximum Gasteiger partial charge on any atom is 0.251 e. The van der Waals surface area contributed by atoms with Crippen LogP contribution in [0.2, 0.25) is 0 Å². The second kappa shape index (κ2) is 6.72. The molecule has 2 aromatic carbocycles. The number of carbonyl (C=O) groups is 1. The Balaban J connectivity index is 1.48. The molecule has 1 amide bonds. The number of aryl methyl sites for hydroxylation is 2. The third-order valence-corrected chi connectivity index (χ3v) is 4.99. The Bertz CT molecular complexity index is 1220. The lowest BCUT2D eigenvalue weighted by Crippen LogP contribution is -2.27. The Morgan fingerprint density at radius 1 is 1.15 bits per heavy atom. The second-order valence-electron chi connectivity index (χ2n) is 6.74. The highest BCUT2D eigenvalue weighted by Crippen LogP contribution is 2.19. The van der Waals surface area contributed by atoms with Crippen LogP contribution in [0.5, 0.6) is 0 Å². The molecule has 0 bridgehead atoms. The molecule has 6 heteroatoms. The summed E-state index contributed by atoms with van der Waals surface area (Å²) in [6.45, 7) is 4.42. The Labute approximate surface area is 155 Å². The predicted octanol–water partition coefficient (Wildman–Crippen LogP) is 2.99. The summed E-state index contributed by atoms with van der Waals surface area (Å²) in [6, 6.07) is 11.3. The fourth-order valence-electron chi connectivity index (χ4n) is 3.25. The lowest BCUT2D eigenvalue weighted by Gasteiger charge is -2.09. The lowest BCUT2D eigenvalue weighted by molar-refractivity contribution is 0.0954. The highest BCUT2D eigenvalue weighted by molar-refractivity contribution is 5.97. The summed E-state index contributed by atoms with van der Waals surface area (Å²) >= 11 is 0. The van der Waals surface area contributed by atoms with Crippen LogP contribution in [0.3, 0.4) is 0 Å². The highest BCUT2D eigenvalue weighted by atomic mass is 16.1. The smallest absolute Gasteiger partial charge is 0.251 e.